The van der Waals surface area contributed by atoms with Gasteiger partial charge in [-0.15, -0.1) is 0 Å². The zero-order valence-electron chi connectivity index (χ0n) is 18.5. The molecule has 11 heteroatoms. The number of esters is 1. The minimum absolute atomic E-state index is 0.0743. The summed E-state index contributed by atoms with van der Waals surface area (Å²) >= 11 is 0. The summed E-state index contributed by atoms with van der Waals surface area (Å²) in [5.74, 6) is 0.278. The molecule has 0 saturated carbocycles. The van der Waals surface area contributed by atoms with Crippen LogP contribution in [-0.4, -0.2) is 48.5 Å². The number of hydrogen-bond donors (Lipinski definition) is 2. The van der Waals surface area contributed by atoms with E-state index < -0.39 is 11.8 Å². The standard InChI is InChI=1S/C23H20FN5O5/c1-31-18-9-15(5-6-16(18)24)27-23-21(28-22-14(10-25)11-26-29(22)23)13-4-7-17(19(8-13)32-2)34-12-20(30)33-3/h4-9,11,27-28H,12H2,1-3H3. The average molecular weight is 465 g/mol. The Bertz CT molecular complexity index is 1410. The Morgan fingerprint density at radius 2 is 1.94 bits per heavy atom. The molecular weight excluding hydrogens is 445 g/mol. The van der Waals surface area contributed by atoms with Crippen LogP contribution in [0.1, 0.15) is 5.56 Å². The Morgan fingerprint density at radius 3 is 2.65 bits per heavy atom. The highest BCUT2D eigenvalue weighted by atomic mass is 19.1. The van der Waals surface area contributed by atoms with Crippen LogP contribution in [0.3, 0.4) is 0 Å². The van der Waals surface area contributed by atoms with E-state index in [1.165, 1.54) is 44.2 Å². The molecule has 0 amide bonds. The number of nitrogens with one attached hydrogen (secondary N) is 2. The SMILES string of the molecule is COC(=O)COc1ccc(-c2[nH]c3c(C#N)cnn3c2Nc2ccc(F)c(OC)c2)cc1OC. The Hall–Kier alpha value is -4.72. The maximum absolute atomic E-state index is 13.9. The Morgan fingerprint density at radius 1 is 1.15 bits per heavy atom. The van der Waals surface area contributed by atoms with E-state index in [0.717, 1.165) is 0 Å². The lowest BCUT2D eigenvalue weighted by atomic mass is 10.1. The third-order valence-corrected chi connectivity index (χ3v) is 5.02. The second kappa shape index (κ2) is 9.41. The van der Waals surface area contributed by atoms with Gasteiger partial charge in [0.1, 0.15) is 11.6 Å². The summed E-state index contributed by atoms with van der Waals surface area (Å²) in [5.41, 5.74) is 2.61. The predicted molar refractivity (Wildman–Crippen MR) is 120 cm³/mol. The zero-order chi connectivity index (χ0) is 24.2. The summed E-state index contributed by atoms with van der Waals surface area (Å²) in [6.45, 7) is -0.271. The molecule has 174 valence electrons. The molecule has 34 heavy (non-hydrogen) atoms. The van der Waals surface area contributed by atoms with E-state index in [1.54, 1.807) is 24.3 Å². The fourth-order valence-corrected chi connectivity index (χ4v) is 3.34. The fourth-order valence-electron chi connectivity index (χ4n) is 3.34. The lowest BCUT2D eigenvalue weighted by molar-refractivity contribution is -0.142. The molecule has 0 aliphatic carbocycles. The number of halogens is 1. The van der Waals surface area contributed by atoms with Crippen molar-refractivity contribution in [2.45, 2.75) is 0 Å². The van der Waals surface area contributed by atoms with Crippen LogP contribution in [0.25, 0.3) is 16.9 Å². The molecule has 4 aromatic rings. The first-order valence-corrected chi connectivity index (χ1v) is 9.97. The quantitative estimate of drug-likeness (QED) is 0.378. The molecule has 2 aromatic heterocycles. The third-order valence-electron chi connectivity index (χ3n) is 5.02. The number of anilines is 2. The van der Waals surface area contributed by atoms with Crippen molar-refractivity contribution in [1.82, 2.24) is 14.6 Å². The summed E-state index contributed by atoms with van der Waals surface area (Å²) < 4.78 is 36.0. The second-order valence-corrected chi connectivity index (χ2v) is 6.98. The first kappa shape index (κ1) is 22.5. The van der Waals surface area contributed by atoms with Gasteiger partial charge >= 0.3 is 5.97 Å². The van der Waals surface area contributed by atoms with Gasteiger partial charge in [-0.3, -0.25) is 0 Å². The van der Waals surface area contributed by atoms with E-state index >= 15 is 0 Å². The molecular formula is C23H20FN5O5. The molecule has 0 aliphatic heterocycles. The summed E-state index contributed by atoms with van der Waals surface area (Å²) in [7, 11) is 4.13. The number of H-pyrrole nitrogens is 1. The Balaban J connectivity index is 1.79. The van der Waals surface area contributed by atoms with Gasteiger partial charge in [0.05, 0.1) is 33.2 Å². The number of ether oxygens (including phenoxy) is 4. The highest BCUT2D eigenvalue weighted by Gasteiger charge is 2.20. The first-order chi connectivity index (χ1) is 16.5. The van der Waals surface area contributed by atoms with Crippen molar-refractivity contribution < 1.29 is 28.1 Å². The van der Waals surface area contributed by atoms with E-state index in [9.17, 15) is 14.4 Å². The molecule has 0 unspecified atom stereocenters. The van der Waals surface area contributed by atoms with Crippen molar-refractivity contribution in [2.24, 2.45) is 0 Å². The first-order valence-electron chi connectivity index (χ1n) is 9.97. The fraction of sp³-hybridized carbons (Fsp3) is 0.174. The van der Waals surface area contributed by atoms with E-state index in [2.05, 4.69) is 26.2 Å². The highest BCUT2D eigenvalue weighted by Crippen LogP contribution is 2.37. The number of fused-ring (bicyclic) bond motifs is 1. The molecule has 0 fully saturated rings. The van der Waals surface area contributed by atoms with Crippen LogP contribution in [0.2, 0.25) is 0 Å². The van der Waals surface area contributed by atoms with Gasteiger partial charge in [-0.1, -0.05) is 0 Å². The number of rotatable bonds is 8. The van der Waals surface area contributed by atoms with E-state index in [1.807, 2.05) is 0 Å². The van der Waals surface area contributed by atoms with Gasteiger partial charge in [-0.2, -0.15) is 14.9 Å². The topological polar surface area (TPSA) is 123 Å². The molecule has 0 atom stereocenters. The van der Waals surface area contributed by atoms with Crippen molar-refractivity contribution >= 4 is 23.1 Å². The highest BCUT2D eigenvalue weighted by molar-refractivity contribution is 5.82. The van der Waals surface area contributed by atoms with Crippen molar-refractivity contribution in [3.05, 3.63) is 54.0 Å². The lowest BCUT2D eigenvalue weighted by Crippen LogP contribution is -2.12. The van der Waals surface area contributed by atoms with Crippen molar-refractivity contribution in [2.75, 3.05) is 33.3 Å². The van der Waals surface area contributed by atoms with Gasteiger partial charge in [0.15, 0.2) is 41.1 Å². The number of nitriles is 1. The van der Waals surface area contributed by atoms with Crippen LogP contribution in [0.4, 0.5) is 15.9 Å². The number of imidazole rings is 1. The van der Waals surface area contributed by atoms with Crippen LogP contribution in [0.15, 0.2) is 42.6 Å². The monoisotopic (exact) mass is 465 g/mol. The molecule has 0 radical (unpaired) electrons. The molecule has 2 heterocycles. The van der Waals surface area contributed by atoms with Crippen molar-refractivity contribution in [3.63, 3.8) is 0 Å². The maximum atomic E-state index is 13.9. The second-order valence-electron chi connectivity index (χ2n) is 6.98. The van der Waals surface area contributed by atoms with Crippen molar-refractivity contribution in [3.8, 4) is 34.6 Å². The minimum atomic E-state index is -0.526. The number of nitrogens with zero attached hydrogens (tertiary/aromatic N) is 3. The number of carbonyl (C=O) groups excluding carboxylic acids is 1. The molecule has 0 spiro atoms. The number of methoxy groups -OCH3 is 3. The molecule has 2 N–H and O–H groups in total. The molecule has 0 bridgehead atoms. The van der Waals surface area contributed by atoms with Gasteiger partial charge in [0.25, 0.3) is 0 Å². The Kier molecular flexibility index (Phi) is 6.22. The minimum Gasteiger partial charge on any atom is -0.494 e. The van der Waals surface area contributed by atoms with E-state index in [4.69, 9.17) is 14.2 Å². The number of benzene rings is 2. The normalized spacial score (nSPS) is 10.6. The third kappa shape index (κ3) is 4.16. The summed E-state index contributed by atoms with van der Waals surface area (Å²) in [4.78, 5) is 14.6. The smallest absolute Gasteiger partial charge is 0.343 e. The average Bonchev–Trinajstić information content (AvgIpc) is 3.43. The molecule has 4 rings (SSSR count). The van der Waals surface area contributed by atoms with E-state index in [0.29, 0.717) is 45.5 Å². The number of hydrogen-bond acceptors (Lipinski definition) is 8. The molecule has 0 aliphatic rings. The summed E-state index contributed by atoms with van der Waals surface area (Å²) in [5, 5.41) is 17.0. The van der Waals surface area contributed by atoms with Gasteiger partial charge in [-0.25, -0.2) is 9.18 Å². The summed E-state index contributed by atoms with van der Waals surface area (Å²) in [6, 6.07) is 11.6. The van der Waals surface area contributed by atoms with Crippen LogP contribution < -0.4 is 19.5 Å². The van der Waals surface area contributed by atoms with Gasteiger partial charge < -0.3 is 29.2 Å². The maximum Gasteiger partial charge on any atom is 0.343 e. The van der Waals surface area contributed by atoms with Gasteiger partial charge in [0.2, 0.25) is 0 Å². The van der Waals surface area contributed by atoms with Crippen LogP contribution >= 0.6 is 0 Å². The largest absolute Gasteiger partial charge is 0.494 e. The zero-order valence-corrected chi connectivity index (χ0v) is 18.5. The van der Waals surface area contributed by atoms with Crippen molar-refractivity contribution in [1.29, 1.82) is 5.26 Å². The van der Waals surface area contributed by atoms with E-state index in [-0.39, 0.29) is 12.4 Å². The molecule has 0 saturated heterocycles. The van der Waals surface area contributed by atoms with Crippen LogP contribution in [0.5, 0.6) is 17.2 Å². The summed E-state index contributed by atoms with van der Waals surface area (Å²) in [6.07, 6.45) is 1.44. The van der Waals surface area contributed by atoms with Crippen LogP contribution in [-0.2, 0) is 9.53 Å². The number of aromatic nitrogens is 3. The van der Waals surface area contributed by atoms with Crippen LogP contribution in [0, 0.1) is 17.1 Å². The Labute approximate surface area is 193 Å². The van der Waals surface area contributed by atoms with Gasteiger partial charge in [-0.05, 0) is 30.3 Å². The van der Waals surface area contributed by atoms with Gasteiger partial charge in [0, 0.05) is 17.3 Å². The predicted octanol–water partition coefficient (Wildman–Crippen LogP) is 3.65. The molecule has 10 nitrogen and oxygen atoms in total. The lowest BCUT2D eigenvalue weighted by Gasteiger charge is -2.13. The molecule has 2 aromatic carbocycles. The number of carbonyl (C=O) groups is 1. The number of aromatic amines is 1.